The van der Waals surface area contributed by atoms with E-state index in [1.54, 1.807) is 6.07 Å². The van der Waals surface area contributed by atoms with Gasteiger partial charge in [-0.2, -0.15) is 0 Å². The van der Waals surface area contributed by atoms with Crippen molar-refractivity contribution < 1.29 is 24.0 Å². The highest BCUT2D eigenvalue weighted by Crippen LogP contribution is 2.31. The molecule has 2 amide bonds. The Morgan fingerprint density at radius 1 is 1.19 bits per heavy atom. The normalized spacial score (nSPS) is 19.9. The Bertz CT molecular complexity index is 801. The number of piperidine rings is 1. The number of amides is 2. The van der Waals surface area contributed by atoms with E-state index in [1.165, 1.54) is 24.6 Å². The Morgan fingerprint density at radius 2 is 1.93 bits per heavy atom. The fourth-order valence-corrected chi connectivity index (χ4v) is 3.37. The number of imide groups is 1. The Balaban J connectivity index is 1.79. The molecular weight excluding hydrogens is 352 g/mol. The second kappa shape index (κ2) is 8.11. The van der Waals surface area contributed by atoms with E-state index in [2.05, 4.69) is 5.32 Å². The van der Waals surface area contributed by atoms with Gasteiger partial charge >= 0.3 is 5.69 Å². The molecule has 0 atom stereocenters. The molecule has 0 bridgehead atoms. The van der Waals surface area contributed by atoms with E-state index >= 15 is 0 Å². The number of benzene rings is 1. The van der Waals surface area contributed by atoms with Crippen molar-refractivity contribution in [3.8, 4) is 5.75 Å². The second-order valence-corrected chi connectivity index (χ2v) is 6.83. The van der Waals surface area contributed by atoms with Gasteiger partial charge in [-0.25, -0.2) is 0 Å². The van der Waals surface area contributed by atoms with Crippen molar-refractivity contribution in [2.75, 3.05) is 6.61 Å². The molecule has 1 aliphatic carbocycles. The number of hydrogen-bond acceptors (Lipinski definition) is 6. The van der Waals surface area contributed by atoms with Gasteiger partial charge in [0, 0.05) is 6.07 Å². The van der Waals surface area contributed by atoms with Crippen LogP contribution in [0.3, 0.4) is 0 Å². The average Bonchev–Trinajstić information content (AvgIpc) is 2.64. The first-order valence-corrected chi connectivity index (χ1v) is 8.94. The quantitative estimate of drug-likeness (QED) is 0.212. The Labute approximate surface area is 155 Å². The predicted octanol–water partition coefficient (Wildman–Crippen LogP) is 2.55. The Kier molecular flexibility index (Phi) is 5.63. The van der Waals surface area contributed by atoms with Gasteiger partial charge in [0.2, 0.25) is 5.91 Å². The van der Waals surface area contributed by atoms with E-state index in [4.69, 9.17) is 4.74 Å². The second-order valence-electron chi connectivity index (χ2n) is 6.83. The molecule has 0 spiro atoms. The molecule has 8 nitrogen and oxygen atoms in total. The van der Waals surface area contributed by atoms with Gasteiger partial charge in [-0.1, -0.05) is 25.3 Å². The van der Waals surface area contributed by atoms with Crippen LogP contribution in [0.25, 0.3) is 6.08 Å². The van der Waals surface area contributed by atoms with Crippen LogP contribution in [0.2, 0.25) is 0 Å². The molecular formula is C19H20N2O6. The van der Waals surface area contributed by atoms with E-state index in [0.717, 1.165) is 25.7 Å². The summed E-state index contributed by atoms with van der Waals surface area (Å²) in [4.78, 5) is 45.7. The molecule has 0 unspecified atom stereocenters. The molecule has 1 saturated carbocycles. The number of nitro groups is 1. The van der Waals surface area contributed by atoms with Crippen LogP contribution in [0.4, 0.5) is 5.69 Å². The maximum atomic E-state index is 11.9. The standard InChI is InChI=1S/C19H20N2O6/c22-16-10-18(23)20-19(24)14(16)8-13-6-7-17(15(9-13)21(25)26)27-11-12-4-2-1-3-5-12/h6-9,12H,1-5,10-11H2,(H,20,23,24)/b14-8+. The number of nitrogens with zero attached hydrogens (tertiary/aromatic N) is 1. The fraction of sp³-hybridized carbons (Fsp3) is 0.421. The van der Waals surface area contributed by atoms with E-state index in [-0.39, 0.29) is 17.0 Å². The number of carbonyl (C=O) groups excluding carboxylic acids is 3. The molecule has 1 aliphatic heterocycles. The first-order valence-electron chi connectivity index (χ1n) is 8.94. The zero-order valence-electron chi connectivity index (χ0n) is 14.7. The molecule has 2 aliphatic rings. The van der Waals surface area contributed by atoms with Gasteiger partial charge in [-0.05, 0) is 36.5 Å². The summed E-state index contributed by atoms with van der Waals surface area (Å²) < 4.78 is 5.69. The van der Waals surface area contributed by atoms with Gasteiger partial charge in [0.1, 0.15) is 0 Å². The third-order valence-corrected chi connectivity index (χ3v) is 4.81. The Morgan fingerprint density at radius 3 is 2.59 bits per heavy atom. The number of hydrogen-bond donors (Lipinski definition) is 1. The lowest BCUT2D eigenvalue weighted by Gasteiger charge is -2.21. The van der Waals surface area contributed by atoms with Crippen molar-refractivity contribution in [2.45, 2.75) is 38.5 Å². The van der Waals surface area contributed by atoms with E-state index in [1.807, 2.05) is 0 Å². The van der Waals surface area contributed by atoms with Crippen molar-refractivity contribution in [2.24, 2.45) is 5.92 Å². The molecule has 3 rings (SSSR count). The topological polar surface area (TPSA) is 116 Å². The molecule has 27 heavy (non-hydrogen) atoms. The summed E-state index contributed by atoms with van der Waals surface area (Å²) >= 11 is 0. The van der Waals surface area contributed by atoms with Crippen LogP contribution < -0.4 is 10.1 Å². The average molecular weight is 372 g/mol. The van der Waals surface area contributed by atoms with Crippen LogP contribution in [-0.2, 0) is 14.4 Å². The minimum atomic E-state index is -0.795. The maximum absolute atomic E-state index is 11.9. The predicted molar refractivity (Wildman–Crippen MR) is 95.9 cm³/mol. The van der Waals surface area contributed by atoms with Crippen LogP contribution in [-0.4, -0.2) is 29.1 Å². The maximum Gasteiger partial charge on any atom is 0.311 e. The van der Waals surface area contributed by atoms with Crippen LogP contribution >= 0.6 is 0 Å². The lowest BCUT2D eigenvalue weighted by atomic mass is 9.90. The van der Waals surface area contributed by atoms with Crippen LogP contribution in [0.15, 0.2) is 23.8 Å². The van der Waals surface area contributed by atoms with Crippen molar-refractivity contribution in [3.05, 3.63) is 39.4 Å². The van der Waals surface area contributed by atoms with Crippen LogP contribution in [0.1, 0.15) is 44.1 Å². The molecule has 1 aromatic rings. The van der Waals surface area contributed by atoms with Gasteiger partial charge < -0.3 is 4.74 Å². The number of ether oxygens (including phenoxy) is 1. The Hall–Kier alpha value is -3.03. The SMILES string of the molecule is O=C1CC(=O)/C(=C\c2ccc(OCC3CCCCC3)c([N+](=O)[O-])c2)C(=O)N1. The van der Waals surface area contributed by atoms with Gasteiger partial charge in [0.05, 0.1) is 23.5 Å². The van der Waals surface area contributed by atoms with Crippen molar-refractivity contribution >= 4 is 29.4 Å². The van der Waals surface area contributed by atoms with E-state index in [9.17, 15) is 24.5 Å². The molecule has 142 valence electrons. The minimum absolute atomic E-state index is 0.169. The summed E-state index contributed by atoms with van der Waals surface area (Å²) in [5.74, 6) is -1.48. The fourth-order valence-electron chi connectivity index (χ4n) is 3.37. The zero-order valence-corrected chi connectivity index (χ0v) is 14.7. The molecule has 1 saturated heterocycles. The van der Waals surface area contributed by atoms with Crippen molar-refractivity contribution in [1.82, 2.24) is 5.32 Å². The molecule has 1 heterocycles. The number of rotatable bonds is 5. The summed E-state index contributed by atoms with van der Waals surface area (Å²) in [5.41, 5.74) is -0.0979. The number of Topliss-reactive ketones (excluding diaryl/α,β-unsaturated/α-hetero) is 1. The van der Waals surface area contributed by atoms with Crippen LogP contribution in [0, 0.1) is 16.0 Å². The first-order chi connectivity index (χ1) is 12.9. The molecule has 2 fully saturated rings. The van der Waals surface area contributed by atoms with Gasteiger partial charge in [0.15, 0.2) is 11.5 Å². The summed E-state index contributed by atoms with van der Waals surface area (Å²) in [6.45, 7) is 0.435. The number of carbonyl (C=O) groups is 3. The summed E-state index contributed by atoms with van der Waals surface area (Å²) in [5, 5.41) is 13.5. The van der Waals surface area contributed by atoms with Crippen molar-refractivity contribution in [1.29, 1.82) is 0 Å². The largest absolute Gasteiger partial charge is 0.487 e. The monoisotopic (exact) mass is 372 g/mol. The van der Waals surface area contributed by atoms with Crippen LogP contribution in [0.5, 0.6) is 5.75 Å². The molecule has 1 N–H and O–H groups in total. The molecule has 8 heteroatoms. The van der Waals surface area contributed by atoms with Crippen molar-refractivity contribution in [3.63, 3.8) is 0 Å². The molecule has 1 aromatic carbocycles. The van der Waals surface area contributed by atoms with Gasteiger partial charge in [0.25, 0.3) is 5.91 Å². The summed E-state index contributed by atoms with van der Waals surface area (Å²) in [7, 11) is 0. The highest BCUT2D eigenvalue weighted by Gasteiger charge is 2.28. The third kappa shape index (κ3) is 4.58. The van der Waals surface area contributed by atoms with E-state index < -0.39 is 28.9 Å². The van der Waals surface area contributed by atoms with E-state index in [0.29, 0.717) is 18.1 Å². The molecule has 0 radical (unpaired) electrons. The lowest BCUT2D eigenvalue weighted by Crippen LogP contribution is -2.40. The summed E-state index contributed by atoms with van der Waals surface area (Å²) in [6, 6.07) is 4.29. The number of ketones is 1. The summed E-state index contributed by atoms with van der Waals surface area (Å²) in [6.07, 6.45) is 6.49. The minimum Gasteiger partial charge on any atom is -0.487 e. The lowest BCUT2D eigenvalue weighted by molar-refractivity contribution is -0.385. The highest BCUT2D eigenvalue weighted by molar-refractivity contribution is 6.32. The zero-order chi connectivity index (χ0) is 19.4. The first kappa shape index (κ1) is 18.8. The van der Waals surface area contributed by atoms with Gasteiger partial charge in [-0.15, -0.1) is 0 Å². The smallest absolute Gasteiger partial charge is 0.311 e. The number of nitro benzene ring substituents is 1. The van der Waals surface area contributed by atoms with Gasteiger partial charge in [-0.3, -0.25) is 29.8 Å². The third-order valence-electron chi connectivity index (χ3n) is 4.81. The molecule has 0 aromatic heterocycles. The number of nitrogens with one attached hydrogen (secondary N) is 1. The highest BCUT2D eigenvalue weighted by atomic mass is 16.6.